The van der Waals surface area contributed by atoms with Crippen molar-refractivity contribution in [2.45, 2.75) is 38.1 Å². The average Bonchev–Trinajstić information content (AvgIpc) is 3.18. The lowest BCUT2D eigenvalue weighted by atomic mass is 9.94. The predicted octanol–water partition coefficient (Wildman–Crippen LogP) is 1.82. The van der Waals surface area contributed by atoms with E-state index < -0.39 is 0 Å². The van der Waals surface area contributed by atoms with Crippen LogP contribution in [0.5, 0.6) is 0 Å². The fourth-order valence-electron chi connectivity index (χ4n) is 2.33. The van der Waals surface area contributed by atoms with E-state index in [1.54, 1.807) is 0 Å². The fraction of sp³-hybridized carbons (Fsp3) is 0.533. The highest BCUT2D eigenvalue weighted by Crippen LogP contribution is 2.48. The van der Waals surface area contributed by atoms with Crippen LogP contribution in [0.1, 0.15) is 32.3 Å². The number of hydrogen-bond acceptors (Lipinski definition) is 2. The Morgan fingerprint density at radius 3 is 2.39 bits per heavy atom. The summed E-state index contributed by atoms with van der Waals surface area (Å²) in [5.74, 6) is 0.503. The molecule has 1 fully saturated rings. The highest BCUT2D eigenvalue weighted by Gasteiger charge is 2.51. The van der Waals surface area contributed by atoms with Crippen LogP contribution in [0.25, 0.3) is 0 Å². The zero-order valence-electron chi connectivity index (χ0n) is 11.1. The van der Waals surface area contributed by atoms with Gasteiger partial charge in [-0.1, -0.05) is 44.2 Å². The summed E-state index contributed by atoms with van der Waals surface area (Å²) in [5, 5.41) is 3.10. The molecule has 0 aromatic heterocycles. The largest absolute Gasteiger partial charge is 0.351 e. The van der Waals surface area contributed by atoms with E-state index >= 15 is 0 Å². The number of rotatable bonds is 5. The van der Waals surface area contributed by atoms with Gasteiger partial charge in [-0.3, -0.25) is 4.79 Å². The molecule has 0 radical (unpaired) electrons. The molecule has 2 rings (SSSR count). The molecule has 18 heavy (non-hydrogen) atoms. The molecule has 1 aromatic rings. The Kier molecular flexibility index (Phi) is 3.71. The van der Waals surface area contributed by atoms with E-state index in [0.29, 0.717) is 12.5 Å². The van der Waals surface area contributed by atoms with E-state index in [9.17, 15) is 4.79 Å². The van der Waals surface area contributed by atoms with Gasteiger partial charge in [0.05, 0.1) is 5.41 Å². The van der Waals surface area contributed by atoms with E-state index in [-0.39, 0.29) is 17.4 Å². The SMILES string of the molecule is CC(C)C(CN)NC(=O)C1(c2ccccc2)CC1. The lowest BCUT2D eigenvalue weighted by Gasteiger charge is -2.24. The standard InChI is InChI=1S/C15H22N2O/c1-11(2)13(10-16)17-14(18)15(8-9-15)12-6-4-3-5-7-12/h3-7,11,13H,8-10,16H2,1-2H3,(H,17,18). The number of amides is 1. The van der Waals surface area contributed by atoms with E-state index in [1.807, 2.05) is 30.3 Å². The molecule has 3 nitrogen and oxygen atoms in total. The number of benzene rings is 1. The first-order valence-corrected chi connectivity index (χ1v) is 6.67. The monoisotopic (exact) mass is 246 g/mol. The molecule has 3 heteroatoms. The third-order valence-electron chi connectivity index (χ3n) is 3.89. The molecule has 1 unspecified atom stereocenters. The Bertz CT molecular complexity index is 410. The maximum Gasteiger partial charge on any atom is 0.230 e. The van der Waals surface area contributed by atoms with Gasteiger partial charge in [0.25, 0.3) is 0 Å². The van der Waals surface area contributed by atoms with Gasteiger partial charge in [0.1, 0.15) is 0 Å². The van der Waals surface area contributed by atoms with Crippen molar-refractivity contribution in [2.24, 2.45) is 11.7 Å². The van der Waals surface area contributed by atoms with Gasteiger partial charge in [0, 0.05) is 12.6 Å². The smallest absolute Gasteiger partial charge is 0.230 e. The zero-order valence-corrected chi connectivity index (χ0v) is 11.1. The van der Waals surface area contributed by atoms with Gasteiger partial charge in [-0.05, 0) is 24.3 Å². The summed E-state index contributed by atoms with van der Waals surface area (Å²) in [6.45, 7) is 4.66. The molecule has 1 aromatic carbocycles. The van der Waals surface area contributed by atoms with E-state index in [0.717, 1.165) is 18.4 Å². The van der Waals surface area contributed by atoms with Gasteiger partial charge in [0.2, 0.25) is 5.91 Å². The summed E-state index contributed by atoms with van der Waals surface area (Å²) in [6, 6.07) is 10.1. The molecule has 1 saturated carbocycles. The second kappa shape index (κ2) is 5.11. The average molecular weight is 246 g/mol. The third kappa shape index (κ3) is 2.41. The molecule has 0 bridgehead atoms. The van der Waals surface area contributed by atoms with Gasteiger partial charge in [-0.2, -0.15) is 0 Å². The summed E-state index contributed by atoms with van der Waals surface area (Å²) in [5.41, 5.74) is 6.55. The molecule has 1 aliphatic rings. The van der Waals surface area contributed by atoms with Crippen LogP contribution in [0.2, 0.25) is 0 Å². The topological polar surface area (TPSA) is 55.1 Å². The summed E-state index contributed by atoms with van der Waals surface area (Å²) >= 11 is 0. The molecule has 1 atom stereocenters. The third-order valence-corrected chi connectivity index (χ3v) is 3.89. The predicted molar refractivity (Wildman–Crippen MR) is 73.2 cm³/mol. The van der Waals surface area contributed by atoms with Crippen molar-refractivity contribution >= 4 is 5.91 Å². The lowest BCUT2D eigenvalue weighted by molar-refractivity contribution is -0.124. The van der Waals surface area contributed by atoms with Crippen LogP contribution >= 0.6 is 0 Å². The normalized spacial score (nSPS) is 18.4. The highest BCUT2D eigenvalue weighted by atomic mass is 16.2. The molecule has 0 saturated heterocycles. The van der Waals surface area contributed by atoms with Gasteiger partial charge < -0.3 is 11.1 Å². The van der Waals surface area contributed by atoms with Gasteiger partial charge >= 0.3 is 0 Å². The highest BCUT2D eigenvalue weighted by molar-refractivity contribution is 5.91. The molecular formula is C15H22N2O. The molecule has 0 spiro atoms. The minimum absolute atomic E-state index is 0.0682. The van der Waals surface area contributed by atoms with E-state index in [1.165, 1.54) is 0 Å². The zero-order chi connectivity index (χ0) is 13.2. The molecule has 3 N–H and O–H groups in total. The van der Waals surface area contributed by atoms with Crippen LogP contribution in [0.4, 0.5) is 0 Å². The molecule has 0 heterocycles. The van der Waals surface area contributed by atoms with Crippen LogP contribution in [-0.4, -0.2) is 18.5 Å². The number of carbonyl (C=O) groups is 1. The molecule has 0 aliphatic heterocycles. The first-order valence-electron chi connectivity index (χ1n) is 6.67. The van der Waals surface area contributed by atoms with Crippen LogP contribution in [-0.2, 0) is 10.2 Å². The van der Waals surface area contributed by atoms with Crippen LogP contribution in [0.3, 0.4) is 0 Å². The number of hydrogen-bond donors (Lipinski definition) is 2. The minimum atomic E-state index is -0.288. The van der Waals surface area contributed by atoms with Crippen molar-refractivity contribution in [3.63, 3.8) is 0 Å². The quantitative estimate of drug-likeness (QED) is 0.832. The van der Waals surface area contributed by atoms with Crippen molar-refractivity contribution < 1.29 is 4.79 Å². The first-order chi connectivity index (χ1) is 8.60. The van der Waals surface area contributed by atoms with Gasteiger partial charge in [0.15, 0.2) is 0 Å². The molecule has 1 aliphatic carbocycles. The Hall–Kier alpha value is -1.35. The Balaban J connectivity index is 2.10. The van der Waals surface area contributed by atoms with Gasteiger partial charge in [-0.25, -0.2) is 0 Å². The Morgan fingerprint density at radius 2 is 1.94 bits per heavy atom. The van der Waals surface area contributed by atoms with Crippen molar-refractivity contribution in [1.82, 2.24) is 5.32 Å². The number of nitrogens with two attached hydrogens (primary N) is 1. The molecule has 1 amide bonds. The summed E-state index contributed by atoms with van der Waals surface area (Å²) in [7, 11) is 0. The van der Waals surface area contributed by atoms with Crippen LogP contribution < -0.4 is 11.1 Å². The molecular weight excluding hydrogens is 224 g/mol. The minimum Gasteiger partial charge on any atom is -0.351 e. The van der Waals surface area contributed by atoms with E-state index in [2.05, 4.69) is 19.2 Å². The number of nitrogens with one attached hydrogen (secondary N) is 1. The van der Waals surface area contributed by atoms with Crippen molar-refractivity contribution in [1.29, 1.82) is 0 Å². The first kappa shape index (κ1) is 13.1. The second-order valence-corrected chi connectivity index (χ2v) is 5.51. The van der Waals surface area contributed by atoms with Crippen LogP contribution in [0.15, 0.2) is 30.3 Å². The summed E-state index contributed by atoms with van der Waals surface area (Å²) < 4.78 is 0. The summed E-state index contributed by atoms with van der Waals surface area (Å²) in [6.07, 6.45) is 1.89. The van der Waals surface area contributed by atoms with Crippen LogP contribution in [0, 0.1) is 5.92 Å². The maximum absolute atomic E-state index is 12.4. The van der Waals surface area contributed by atoms with Crippen molar-refractivity contribution in [3.05, 3.63) is 35.9 Å². The van der Waals surface area contributed by atoms with E-state index in [4.69, 9.17) is 5.73 Å². The Labute approximate surface area is 109 Å². The van der Waals surface area contributed by atoms with Gasteiger partial charge in [-0.15, -0.1) is 0 Å². The Morgan fingerprint density at radius 1 is 1.33 bits per heavy atom. The van der Waals surface area contributed by atoms with Crippen molar-refractivity contribution in [3.8, 4) is 0 Å². The number of carbonyl (C=O) groups excluding carboxylic acids is 1. The summed E-state index contributed by atoms with van der Waals surface area (Å²) in [4.78, 5) is 12.4. The molecule has 98 valence electrons. The lowest BCUT2D eigenvalue weighted by Crippen LogP contribution is -2.47. The fourth-order valence-corrected chi connectivity index (χ4v) is 2.33. The maximum atomic E-state index is 12.4. The van der Waals surface area contributed by atoms with Crippen molar-refractivity contribution in [2.75, 3.05) is 6.54 Å². The second-order valence-electron chi connectivity index (χ2n) is 5.51.